The first-order chi connectivity index (χ1) is 6.45. The van der Waals surface area contributed by atoms with Gasteiger partial charge in [0.1, 0.15) is 0 Å². The van der Waals surface area contributed by atoms with Crippen LogP contribution in [0.2, 0.25) is 0 Å². The van der Waals surface area contributed by atoms with Gasteiger partial charge in [-0.05, 0) is 34.5 Å². The first-order valence-corrected chi connectivity index (χ1v) is 5.23. The molecule has 0 aliphatic carbocycles. The van der Waals surface area contributed by atoms with Crippen LogP contribution in [0.5, 0.6) is 0 Å². The minimum absolute atomic E-state index is 0.906. The lowest BCUT2D eigenvalue weighted by atomic mass is 10.3. The highest BCUT2D eigenvalue weighted by Gasteiger charge is 1.93. The summed E-state index contributed by atoms with van der Waals surface area (Å²) in [6.45, 7) is 1.85. The molecule has 0 amide bonds. The first kappa shape index (κ1) is 8.53. The Morgan fingerprint density at radius 3 is 3.00 bits per heavy atom. The summed E-state index contributed by atoms with van der Waals surface area (Å²) < 4.78 is 0. The SMILES string of the molecule is c1c[nH]c(CNCc2ccsc2)c1. The number of rotatable bonds is 4. The molecule has 0 aromatic carbocycles. The normalized spacial score (nSPS) is 10.5. The molecule has 3 heteroatoms. The average molecular weight is 192 g/mol. The van der Waals surface area contributed by atoms with Gasteiger partial charge in [0, 0.05) is 25.0 Å². The Morgan fingerprint density at radius 1 is 1.31 bits per heavy atom. The molecule has 68 valence electrons. The maximum Gasteiger partial charge on any atom is 0.0360 e. The lowest BCUT2D eigenvalue weighted by Gasteiger charge is -2.00. The third kappa shape index (κ3) is 2.44. The largest absolute Gasteiger partial charge is 0.364 e. The van der Waals surface area contributed by atoms with Crippen molar-refractivity contribution in [1.82, 2.24) is 10.3 Å². The number of hydrogen-bond donors (Lipinski definition) is 2. The minimum atomic E-state index is 0.906. The Hall–Kier alpha value is -1.06. The average Bonchev–Trinajstić information content (AvgIpc) is 2.75. The highest BCUT2D eigenvalue weighted by atomic mass is 32.1. The molecule has 0 saturated heterocycles. The van der Waals surface area contributed by atoms with E-state index in [-0.39, 0.29) is 0 Å². The summed E-state index contributed by atoms with van der Waals surface area (Å²) in [6, 6.07) is 6.24. The molecule has 0 bridgehead atoms. The summed E-state index contributed by atoms with van der Waals surface area (Å²) in [6.07, 6.45) is 1.95. The maximum atomic E-state index is 3.37. The molecule has 0 saturated carbocycles. The molecule has 2 heterocycles. The second-order valence-corrected chi connectivity index (χ2v) is 3.71. The topological polar surface area (TPSA) is 27.8 Å². The summed E-state index contributed by atoms with van der Waals surface area (Å²) in [7, 11) is 0. The van der Waals surface area contributed by atoms with Gasteiger partial charge in [-0.25, -0.2) is 0 Å². The lowest BCUT2D eigenvalue weighted by Crippen LogP contribution is -2.12. The Labute approximate surface area is 81.6 Å². The molecule has 0 aliphatic rings. The van der Waals surface area contributed by atoms with E-state index >= 15 is 0 Å². The predicted octanol–water partition coefficient (Wildman–Crippen LogP) is 2.37. The van der Waals surface area contributed by atoms with Crippen LogP contribution in [-0.2, 0) is 13.1 Å². The molecule has 13 heavy (non-hydrogen) atoms. The highest BCUT2D eigenvalue weighted by molar-refractivity contribution is 7.07. The van der Waals surface area contributed by atoms with Crippen LogP contribution >= 0.6 is 11.3 Å². The minimum Gasteiger partial charge on any atom is -0.364 e. The number of H-pyrrole nitrogens is 1. The van der Waals surface area contributed by atoms with Gasteiger partial charge in [-0.1, -0.05) is 0 Å². The van der Waals surface area contributed by atoms with Gasteiger partial charge >= 0.3 is 0 Å². The van der Waals surface area contributed by atoms with Gasteiger partial charge in [-0.2, -0.15) is 11.3 Å². The van der Waals surface area contributed by atoms with E-state index in [4.69, 9.17) is 0 Å². The third-order valence-electron chi connectivity index (χ3n) is 1.89. The van der Waals surface area contributed by atoms with E-state index in [2.05, 4.69) is 33.2 Å². The van der Waals surface area contributed by atoms with Crippen LogP contribution in [0.1, 0.15) is 11.3 Å². The molecule has 0 atom stereocenters. The van der Waals surface area contributed by atoms with Crippen molar-refractivity contribution in [1.29, 1.82) is 0 Å². The van der Waals surface area contributed by atoms with Crippen LogP contribution in [0.15, 0.2) is 35.2 Å². The number of thiophene rings is 1. The second kappa shape index (κ2) is 4.25. The smallest absolute Gasteiger partial charge is 0.0360 e. The maximum absolute atomic E-state index is 3.37. The standard InChI is InChI=1S/C10H12N2S/c1-2-10(12-4-1)7-11-6-9-3-5-13-8-9/h1-5,8,11-12H,6-7H2. The Morgan fingerprint density at radius 2 is 2.31 bits per heavy atom. The zero-order valence-corrected chi connectivity index (χ0v) is 8.10. The van der Waals surface area contributed by atoms with Crippen LogP contribution < -0.4 is 5.32 Å². The zero-order chi connectivity index (χ0) is 8.93. The van der Waals surface area contributed by atoms with E-state index in [9.17, 15) is 0 Å². The fraction of sp³-hybridized carbons (Fsp3) is 0.200. The molecular formula is C10H12N2S. The quantitative estimate of drug-likeness (QED) is 0.764. The molecule has 2 aromatic heterocycles. The summed E-state index contributed by atoms with van der Waals surface area (Å²) in [4.78, 5) is 3.16. The van der Waals surface area contributed by atoms with E-state index in [1.54, 1.807) is 11.3 Å². The van der Waals surface area contributed by atoms with E-state index in [1.165, 1.54) is 11.3 Å². The van der Waals surface area contributed by atoms with Gasteiger partial charge in [0.15, 0.2) is 0 Å². The van der Waals surface area contributed by atoms with E-state index < -0.39 is 0 Å². The molecule has 0 spiro atoms. The Kier molecular flexibility index (Phi) is 2.79. The van der Waals surface area contributed by atoms with E-state index in [0.717, 1.165) is 13.1 Å². The molecule has 2 rings (SSSR count). The van der Waals surface area contributed by atoms with Crippen molar-refractivity contribution in [3.05, 3.63) is 46.4 Å². The number of aromatic nitrogens is 1. The van der Waals surface area contributed by atoms with Crippen LogP contribution in [0.25, 0.3) is 0 Å². The van der Waals surface area contributed by atoms with Crippen molar-refractivity contribution in [2.45, 2.75) is 13.1 Å². The highest BCUT2D eigenvalue weighted by Crippen LogP contribution is 2.05. The van der Waals surface area contributed by atoms with E-state index in [1.807, 2.05) is 12.3 Å². The van der Waals surface area contributed by atoms with Gasteiger partial charge in [0.05, 0.1) is 0 Å². The summed E-state index contributed by atoms with van der Waals surface area (Å²) in [5.41, 5.74) is 2.59. The van der Waals surface area contributed by atoms with Crippen molar-refractivity contribution in [2.75, 3.05) is 0 Å². The zero-order valence-electron chi connectivity index (χ0n) is 7.29. The Bertz CT molecular complexity index is 289. The Balaban J connectivity index is 1.76. The van der Waals surface area contributed by atoms with Crippen molar-refractivity contribution < 1.29 is 0 Å². The fourth-order valence-electron chi connectivity index (χ4n) is 1.21. The van der Waals surface area contributed by atoms with Gasteiger partial charge < -0.3 is 10.3 Å². The molecule has 2 aromatic rings. The van der Waals surface area contributed by atoms with E-state index in [0.29, 0.717) is 0 Å². The second-order valence-electron chi connectivity index (χ2n) is 2.93. The fourth-order valence-corrected chi connectivity index (χ4v) is 1.88. The van der Waals surface area contributed by atoms with Crippen LogP contribution in [0.3, 0.4) is 0 Å². The van der Waals surface area contributed by atoms with Gasteiger partial charge in [0.25, 0.3) is 0 Å². The molecule has 0 aliphatic heterocycles. The molecule has 2 N–H and O–H groups in total. The van der Waals surface area contributed by atoms with Crippen molar-refractivity contribution in [2.24, 2.45) is 0 Å². The van der Waals surface area contributed by atoms with Crippen molar-refractivity contribution >= 4 is 11.3 Å². The van der Waals surface area contributed by atoms with Crippen molar-refractivity contribution in [3.8, 4) is 0 Å². The van der Waals surface area contributed by atoms with Crippen LogP contribution in [0, 0.1) is 0 Å². The monoisotopic (exact) mass is 192 g/mol. The number of nitrogens with one attached hydrogen (secondary N) is 2. The van der Waals surface area contributed by atoms with Crippen LogP contribution in [-0.4, -0.2) is 4.98 Å². The first-order valence-electron chi connectivity index (χ1n) is 4.29. The molecule has 2 nitrogen and oxygen atoms in total. The number of aromatic amines is 1. The van der Waals surface area contributed by atoms with Gasteiger partial charge in [-0.15, -0.1) is 0 Å². The molecule has 0 radical (unpaired) electrons. The summed E-state index contributed by atoms with van der Waals surface area (Å²) >= 11 is 1.74. The lowest BCUT2D eigenvalue weighted by molar-refractivity contribution is 0.684. The predicted molar refractivity (Wildman–Crippen MR) is 55.7 cm³/mol. The molecule has 0 unspecified atom stereocenters. The van der Waals surface area contributed by atoms with Crippen molar-refractivity contribution in [3.63, 3.8) is 0 Å². The molecule has 0 fully saturated rings. The van der Waals surface area contributed by atoms with Crippen LogP contribution in [0.4, 0.5) is 0 Å². The van der Waals surface area contributed by atoms with Gasteiger partial charge in [-0.3, -0.25) is 0 Å². The molecular weight excluding hydrogens is 180 g/mol. The summed E-state index contributed by atoms with van der Waals surface area (Å²) in [5, 5.41) is 7.64. The summed E-state index contributed by atoms with van der Waals surface area (Å²) in [5.74, 6) is 0. The third-order valence-corrected chi connectivity index (χ3v) is 2.62. The number of hydrogen-bond acceptors (Lipinski definition) is 2. The van der Waals surface area contributed by atoms with Gasteiger partial charge in [0.2, 0.25) is 0 Å².